The largest absolute Gasteiger partial charge is 0.472 e. The molecule has 0 aliphatic carbocycles. The molecule has 0 amide bonds. The minimum Gasteiger partial charge on any atom is -0.462 e. The van der Waals surface area contributed by atoms with Crippen LogP contribution in [0.3, 0.4) is 0 Å². The molecule has 0 radical (unpaired) electrons. The minimum atomic E-state index is -4.38. The van der Waals surface area contributed by atoms with E-state index in [0.29, 0.717) is 6.42 Å². The summed E-state index contributed by atoms with van der Waals surface area (Å²) in [5, 5.41) is 0. The van der Waals surface area contributed by atoms with Crippen molar-refractivity contribution in [2.45, 2.75) is 174 Å². The molecule has 3 N–H and O–H groups in total. The predicted octanol–water partition coefficient (Wildman–Crippen LogP) is 11.2. The lowest BCUT2D eigenvalue weighted by molar-refractivity contribution is -0.161. The van der Waals surface area contributed by atoms with Crippen LogP contribution >= 0.6 is 7.82 Å². The molecule has 51 heavy (non-hydrogen) atoms. The Bertz CT molecular complexity index is 981. The topological polar surface area (TPSA) is 134 Å². The molecule has 9 nitrogen and oxygen atoms in total. The first-order chi connectivity index (χ1) is 24.8. The van der Waals surface area contributed by atoms with Crippen LogP contribution in [0.25, 0.3) is 0 Å². The van der Waals surface area contributed by atoms with E-state index in [1.807, 2.05) is 0 Å². The fraction of sp³-hybridized carbons (Fsp3) is 0.756. The van der Waals surface area contributed by atoms with Gasteiger partial charge in [-0.05, 0) is 51.4 Å². The van der Waals surface area contributed by atoms with E-state index in [1.54, 1.807) is 0 Å². The molecule has 0 fully saturated rings. The Morgan fingerprint density at radius 3 is 1.61 bits per heavy atom. The van der Waals surface area contributed by atoms with Gasteiger partial charge in [0.1, 0.15) is 6.61 Å². The van der Waals surface area contributed by atoms with Crippen LogP contribution in [0.5, 0.6) is 0 Å². The molecule has 0 bridgehead atoms. The summed E-state index contributed by atoms with van der Waals surface area (Å²) >= 11 is 0. The molecule has 0 rings (SSSR count). The first-order valence-corrected chi connectivity index (χ1v) is 21.6. The van der Waals surface area contributed by atoms with Gasteiger partial charge in [0.25, 0.3) is 0 Å². The number of carbonyl (C=O) groups excluding carboxylic acids is 2. The molecule has 0 aromatic heterocycles. The van der Waals surface area contributed by atoms with E-state index in [0.717, 1.165) is 70.6 Å². The molecule has 10 heteroatoms. The highest BCUT2D eigenvalue weighted by Gasteiger charge is 2.25. The van der Waals surface area contributed by atoms with Gasteiger partial charge in [-0.25, -0.2) is 4.57 Å². The number of esters is 2. The van der Waals surface area contributed by atoms with Crippen LogP contribution in [0.15, 0.2) is 48.6 Å². The SMILES string of the molecule is CCC=CCC=CCC=CCC=CCCCCCCC(=O)O[C@H](COC(=O)CCCCCCCCCCCCCCC)COP(=O)(O)OCCN. The van der Waals surface area contributed by atoms with Gasteiger partial charge in [0.15, 0.2) is 6.10 Å². The van der Waals surface area contributed by atoms with Gasteiger partial charge in [0, 0.05) is 19.4 Å². The fourth-order valence-corrected chi connectivity index (χ4v) is 6.04. The number of unbranched alkanes of at least 4 members (excludes halogenated alkanes) is 16. The zero-order chi connectivity index (χ0) is 37.5. The van der Waals surface area contributed by atoms with E-state index in [1.165, 1.54) is 64.2 Å². The molecule has 0 heterocycles. The number of rotatable bonds is 37. The van der Waals surface area contributed by atoms with Crippen molar-refractivity contribution in [1.29, 1.82) is 0 Å². The molecule has 0 aliphatic heterocycles. The highest BCUT2D eigenvalue weighted by atomic mass is 31.2. The number of carbonyl (C=O) groups is 2. The lowest BCUT2D eigenvalue weighted by atomic mass is 10.0. The predicted molar refractivity (Wildman–Crippen MR) is 210 cm³/mol. The number of phosphoric acid groups is 1. The van der Waals surface area contributed by atoms with Crippen molar-refractivity contribution in [2.24, 2.45) is 5.73 Å². The number of hydrogen-bond acceptors (Lipinski definition) is 8. The van der Waals surface area contributed by atoms with Crippen molar-refractivity contribution in [3.8, 4) is 0 Å². The van der Waals surface area contributed by atoms with E-state index >= 15 is 0 Å². The standard InChI is InChI=1S/C41H74NO8P/c1-3-5-7-9-11-13-15-17-18-19-20-22-24-26-28-30-32-34-41(44)50-39(38-49-51(45,46)48-36-35-42)37-47-40(43)33-31-29-27-25-23-21-16-14-12-10-8-6-4-2/h5,7,11,13,17-18,20,22,39H,3-4,6,8-10,12,14-16,19,21,23-38,42H2,1-2H3,(H,45,46)/t39-/m1/s1. The van der Waals surface area contributed by atoms with Gasteiger partial charge < -0.3 is 20.1 Å². The molecule has 1 unspecified atom stereocenters. The zero-order valence-electron chi connectivity index (χ0n) is 32.3. The Morgan fingerprint density at radius 1 is 0.608 bits per heavy atom. The number of allylic oxidation sites excluding steroid dienone is 8. The van der Waals surface area contributed by atoms with Crippen molar-refractivity contribution in [3.63, 3.8) is 0 Å². The molecule has 296 valence electrons. The van der Waals surface area contributed by atoms with E-state index in [-0.39, 0.29) is 38.6 Å². The number of ether oxygens (including phenoxy) is 2. The van der Waals surface area contributed by atoms with Gasteiger partial charge in [-0.2, -0.15) is 0 Å². The second-order valence-electron chi connectivity index (χ2n) is 13.1. The molecular weight excluding hydrogens is 665 g/mol. The highest BCUT2D eigenvalue weighted by molar-refractivity contribution is 7.47. The van der Waals surface area contributed by atoms with Gasteiger partial charge in [0.2, 0.25) is 0 Å². The number of hydrogen-bond donors (Lipinski definition) is 2. The van der Waals surface area contributed by atoms with Crippen molar-refractivity contribution >= 4 is 19.8 Å². The molecule has 2 atom stereocenters. The maximum atomic E-state index is 12.5. The van der Waals surface area contributed by atoms with Crippen LogP contribution in [-0.2, 0) is 32.7 Å². The Kier molecular flexibility index (Phi) is 36.2. The number of nitrogens with two attached hydrogens (primary N) is 1. The first-order valence-electron chi connectivity index (χ1n) is 20.1. The lowest BCUT2D eigenvalue weighted by Gasteiger charge is -2.19. The maximum absolute atomic E-state index is 12.5. The maximum Gasteiger partial charge on any atom is 0.472 e. The molecule has 0 saturated heterocycles. The summed E-state index contributed by atoms with van der Waals surface area (Å²) < 4.78 is 32.7. The van der Waals surface area contributed by atoms with Gasteiger partial charge in [0.05, 0.1) is 13.2 Å². The van der Waals surface area contributed by atoms with Crippen LogP contribution < -0.4 is 5.73 Å². The Labute approximate surface area is 311 Å². The van der Waals surface area contributed by atoms with Crippen molar-refractivity contribution < 1.29 is 37.6 Å². The van der Waals surface area contributed by atoms with E-state index < -0.39 is 26.5 Å². The van der Waals surface area contributed by atoms with Crippen molar-refractivity contribution in [3.05, 3.63) is 48.6 Å². The third-order valence-corrected chi connectivity index (χ3v) is 9.21. The lowest BCUT2D eigenvalue weighted by Crippen LogP contribution is -2.29. The van der Waals surface area contributed by atoms with Crippen LogP contribution in [0.2, 0.25) is 0 Å². The summed E-state index contributed by atoms with van der Waals surface area (Å²) in [6.07, 6.45) is 41.4. The van der Waals surface area contributed by atoms with Gasteiger partial charge in [-0.1, -0.05) is 152 Å². The second kappa shape index (κ2) is 37.7. The third-order valence-electron chi connectivity index (χ3n) is 8.23. The average Bonchev–Trinajstić information content (AvgIpc) is 3.11. The smallest absolute Gasteiger partial charge is 0.462 e. The zero-order valence-corrected chi connectivity index (χ0v) is 33.2. The summed E-state index contributed by atoms with van der Waals surface area (Å²) in [4.78, 5) is 34.8. The van der Waals surface area contributed by atoms with Crippen LogP contribution in [-0.4, -0.2) is 49.3 Å². The molecule has 0 aromatic rings. The monoisotopic (exact) mass is 740 g/mol. The molecule has 0 spiro atoms. The van der Waals surface area contributed by atoms with Gasteiger partial charge in [-0.15, -0.1) is 0 Å². The summed E-state index contributed by atoms with van der Waals surface area (Å²) in [5.74, 6) is -0.857. The Hall–Kier alpha value is -2.03. The Morgan fingerprint density at radius 2 is 1.08 bits per heavy atom. The van der Waals surface area contributed by atoms with Crippen LogP contribution in [0.4, 0.5) is 0 Å². The fourth-order valence-electron chi connectivity index (χ4n) is 5.27. The molecule has 0 saturated carbocycles. The van der Waals surface area contributed by atoms with Crippen molar-refractivity contribution in [1.82, 2.24) is 0 Å². The van der Waals surface area contributed by atoms with Crippen LogP contribution in [0, 0.1) is 0 Å². The summed E-state index contributed by atoms with van der Waals surface area (Å²) in [6, 6.07) is 0. The summed E-state index contributed by atoms with van der Waals surface area (Å²) in [6.45, 7) is 3.58. The van der Waals surface area contributed by atoms with Gasteiger partial charge in [-0.3, -0.25) is 18.6 Å². The van der Waals surface area contributed by atoms with Crippen LogP contribution in [0.1, 0.15) is 168 Å². The highest BCUT2D eigenvalue weighted by Crippen LogP contribution is 2.43. The summed E-state index contributed by atoms with van der Waals surface area (Å²) in [5.41, 5.74) is 5.33. The van der Waals surface area contributed by atoms with E-state index in [4.69, 9.17) is 24.3 Å². The summed E-state index contributed by atoms with van der Waals surface area (Å²) in [7, 11) is -4.38. The number of phosphoric ester groups is 1. The first kappa shape index (κ1) is 49.0. The van der Waals surface area contributed by atoms with E-state index in [9.17, 15) is 19.0 Å². The Balaban J connectivity index is 4.25. The molecular formula is C41H74NO8P. The normalized spacial score (nSPS) is 13.9. The minimum absolute atomic E-state index is 0.0482. The molecule has 0 aromatic carbocycles. The van der Waals surface area contributed by atoms with Gasteiger partial charge >= 0.3 is 19.8 Å². The molecule has 0 aliphatic rings. The third kappa shape index (κ3) is 37.5. The quantitative estimate of drug-likeness (QED) is 0.0276. The van der Waals surface area contributed by atoms with Crippen molar-refractivity contribution in [2.75, 3.05) is 26.4 Å². The average molecular weight is 740 g/mol. The second-order valence-corrected chi connectivity index (χ2v) is 14.6. The van der Waals surface area contributed by atoms with E-state index in [2.05, 4.69) is 62.5 Å².